The normalized spacial score (nSPS) is 11.3. The van der Waals surface area contributed by atoms with Gasteiger partial charge in [0.1, 0.15) is 5.82 Å². The minimum absolute atomic E-state index is 0.253. The molecule has 0 aliphatic carbocycles. The Labute approximate surface area is 149 Å². The van der Waals surface area contributed by atoms with Gasteiger partial charge in [0.2, 0.25) is 0 Å². The Hall–Kier alpha value is -0.450. The lowest BCUT2D eigenvalue weighted by Crippen LogP contribution is -2.00. The summed E-state index contributed by atoms with van der Waals surface area (Å²) in [4.78, 5) is 4.50. The van der Waals surface area contributed by atoms with Gasteiger partial charge in [0.15, 0.2) is 0 Å². The number of rotatable bonds is 2. The number of hydrogen-bond acceptors (Lipinski definition) is 1. The first kappa shape index (κ1) is 15.4. The van der Waals surface area contributed by atoms with Gasteiger partial charge in [-0.25, -0.2) is 4.98 Å². The third-order valence-corrected chi connectivity index (χ3v) is 5.40. The standard InChI is InChI=1S/C14H7BrCl4N2/c15-14-7(17)2-1-3-11(14)21-12-5-9(19)8(18)4-10(12)20-13(21)6-16/h1-5H,6H2. The fraction of sp³-hybridized carbons (Fsp3) is 0.0714. The van der Waals surface area contributed by atoms with Crippen LogP contribution in [0.25, 0.3) is 16.7 Å². The van der Waals surface area contributed by atoms with Crippen LogP contribution in [0.2, 0.25) is 15.1 Å². The molecule has 3 aromatic rings. The van der Waals surface area contributed by atoms with Gasteiger partial charge in [-0.3, -0.25) is 4.57 Å². The molecule has 0 fully saturated rings. The molecule has 0 aliphatic heterocycles. The summed E-state index contributed by atoms with van der Waals surface area (Å²) in [6, 6.07) is 9.09. The largest absolute Gasteiger partial charge is 0.294 e. The van der Waals surface area contributed by atoms with Crippen LogP contribution in [0.15, 0.2) is 34.8 Å². The van der Waals surface area contributed by atoms with E-state index >= 15 is 0 Å². The van der Waals surface area contributed by atoms with Crippen LogP contribution in [0.4, 0.5) is 0 Å². The lowest BCUT2D eigenvalue weighted by Gasteiger charge is -2.11. The Morgan fingerprint density at radius 2 is 1.76 bits per heavy atom. The van der Waals surface area contributed by atoms with Gasteiger partial charge in [-0.05, 0) is 40.2 Å². The molecular formula is C14H7BrCl4N2. The number of nitrogens with zero attached hydrogens (tertiary/aromatic N) is 2. The van der Waals surface area contributed by atoms with Crippen LogP contribution in [0.1, 0.15) is 5.82 Å². The van der Waals surface area contributed by atoms with E-state index in [-0.39, 0.29) is 5.88 Å². The molecule has 0 unspecified atom stereocenters. The van der Waals surface area contributed by atoms with Gasteiger partial charge in [-0.2, -0.15) is 0 Å². The first-order chi connectivity index (χ1) is 10.0. The summed E-state index contributed by atoms with van der Waals surface area (Å²) >= 11 is 27.9. The van der Waals surface area contributed by atoms with Crippen molar-refractivity contribution in [3.05, 3.63) is 55.7 Å². The summed E-state index contributed by atoms with van der Waals surface area (Å²) in [6.45, 7) is 0. The predicted molar refractivity (Wildman–Crippen MR) is 93.4 cm³/mol. The molecule has 2 nitrogen and oxygen atoms in total. The lowest BCUT2D eigenvalue weighted by atomic mass is 10.2. The third kappa shape index (κ3) is 2.66. The van der Waals surface area contributed by atoms with Crippen molar-refractivity contribution in [2.24, 2.45) is 0 Å². The second kappa shape index (κ2) is 5.98. The van der Waals surface area contributed by atoms with E-state index < -0.39 is 0 Å². The predicted octanol–water partition coefficient (Wildman–Crippen LogP) is 6.49. The molecule has 108 valence electrons. The van der Waals surface area contributed by atoms with Crippen LogP contribution < -0.4 is 0 Å². The highest BCUT2D eigenvalue weighted by Gasteiger charge is 2.16. The Morgan fingerprint density at radius 3 is 2.48 bits per heavy atom. The second-order valence-electron chi connectivity index (χ2n) is 4.33. The zero-order valence-electron chi connectivity index (χ0n) is 10.4. The summed E-state index contributed by atoms with van der Waals surface area (Å²) in [7, 11) is 0. The Balaban J connectivity index is 2.40. The van der Waals surface area contributed by atoms with Crippen LogP contribution in [-0.4, -0.2) is 9.55 Å². The SMILES string of the molecule is ClCc1nc2cc(Cl)c(Cl)cc2n1-c1cccc(Cl)c1Br. The van der Waals surface area contributed by atoms with Gasteiger partial charge in [0, 0.05) is 0 Å². The van der Waals surface area contributed by atoms with E-state index in [1.54, 1.807) is 18.2 Å². The summed E-state index contributed by atoms with van der Waals surface area (Å²) in [6.07, 6.45) is 0. The van der Waals surface area contributed by atoms with Gasteiger partial charge >= 0.3 is 0 Å². The lowest BCUT2D eigenvalue weighted by molar-refractivity contribution is 0.977. The number of hydrogen-bond donors (Lipinski definition) is 0. The molecule has 2 aromatic carbocycles. The van der Waals surface area contributed by atoms with E-state index in [1.165, 1.54) is 0 Å². The number of aromatic nitrogens is 2. The number of fused-ring (bicyclic) bond motifs is 1. The van der Waals surface area contributed by atoms with E-state index in [1.807, 2.05) is 16.7 Å². The number of alkyl halides is 1. The van der Waals surface area contributed by atoms with Gasteiger partial charge in [0.05, 0.1) is 42.1 Å². The minimum Gasteiger partial charge on any atom is -0.294 e. The fourth-order valence-corrected chi connectivity index (χ4v) is 3.25. The van der Waals surface area contributed by atoms with Crippen molar-refractivity contribution in [2.75, 3.05) is 0 Å². The Kier molecular flexibility index (Phi) is 4.40. The molecule has 0 radical (unpaired) electrons. The molecule has 7 heteroatoms. The van der Waals surface area contributed by atoms with E-state index in [0.29, 0.717) is 20.9 Å². The first-order valence-corrected chi connectivity index (χ1v) is 8.35. The van der Waals surface area contributed by atoms with Crippen molar-refractivity contribution in [3.63, 3.8) is 0 Å². The molecule has 0 bridgehead atoms. The van der Waals surface area contributed by atoms with Crippen LogP contribution in [0.3, 0.4) is 0 Å². The highest BCUT2D eigenvalue weighted by Crippen LogP contribution is 2.35. The van der Waals surface area contributed by atoms with Crippen LogP contribution in [-0.2, 0) is 5.88 Å². The quantitative estimate of drug-likeness (QED) is 0.430. The maximum absolute atomic E-state index is 6.17. The highest BCUT2D eigenvalue weighted by atomic mass is 79.9. The molecule has 0 saturated heterocycles. The Bertz CT molecular complexity index is 845. The molecule has 1 heterocycles. The molecule has 0 saturated carbocycles. The second-order valence-corrected chi connectivity index (χ2v) is 6.61. The zero-order chi connectivity index (χ0) is 15.1. The van der Waals surface area contributed by atoms with Gasteiger partial charge in [-0.1, -0.05) is 40.9 Å². The highest BCUT2D eigenvalue weighted by molar-refractivity contribution is 9.10. The van der Waals surface area contributed by atoms with E-state index in [9.17, 15) is 0 Å². The van der Waals surface area contributed by atoms with Crippen molar-refractivity contribution in [3.8, 4) is 5.69 Å². The maximum Gasteiger partial charge on any atom is 0.129 e. The van der Waals surface area contributed by atoms with E-state index in [0.717, 1.165) is 21.2 Å². The van der Waals surface area contributed by atoms with Crippen LogP contribution >= 0.6 is 62.3 Å². The zero-order valence-corrected chi connectivity index (χ0v) is 15.0. The summed E-state index contributed by atoms with van der Waals surface area (Å²) < 4.78 is 2.68. The third-order valence-electron chi connectivity index (χ3n) is 3.06. The number of halogens is 5. The van der Waals surface area contributed by atoms with E-state index in [2.05, 4.69) is 20.9 Å². The molecule has 0 spiro atoms. The smallest absolute Gasteiger partial charge is 0.129 e. The molecule has 1 aromatic heterocycles. The van der Waals surface area contributed by atoms with Crippen LogP contribution in [0.5, 0.6) is 0 Å². The first-order valence-electron chi connectivity index (χ1n) is 5.89. The molecule has 3 rings (SSSR count). The molecule has 0 amide bonds. The van der Waals surface area contributed by atoms with Crippen molar-refractivity contribution in [1.82, 2.24) is 9.55 Å². The van der Waals surface area contributed by atoms with E-state index in [4.69, 9.17) is 46.4 Å². The monoisotopic (exact) mass is 422 g/mol. The fourth-order valence-electron chi connectivity index (χ4n) is 2.15. The number of imidazole rings is 1. The number of benzene rings is 2. The Morgan fingerprint density at radius 1 is 1.05 bits per heavy atom. The molecule has 0 N–H and O–H groups in total. The molecule has 0 aliphatic rings. The summed E-state index contributed by atoms with van der Waals surface area (Å²) in [5.74, 6) is 0.941. The van der Waals surface area contributed by atoms with Crippen molar-refractivity contribution >= 4 is 73.4 Å². The summed E-state index contributed by atoms with van der Waals surface area (Å²) in [5.41, 5.74) is 2.40. The van der Waals surface area contributed by atoms with Gasteiger partial charge < -0.3 is 0 Å². The molecule has 0 atom stereocenters. The minimum atomic E-state index is 0.253. The van der Waals surface area contributed by atoms with Crippen molar-refractivity contribution in [2.45, 2.75) is 5.88 Å². The summed E-state index contributed by atoms with van der Waals surface area (Å²) in [5, 5.41) is 1.53. The average molecular weight is 425 g/mol. The van der Waals surface area contributed by atoms with Gasteiger partial charge in [-0.15, -0.1) is 11.6 Å². The molecule has 21 heavy (non-hydrogen) atoms. The van der Waals surface area contributed by atoms with Crippen molar-refractivity contribution in [1.29, 1.82) is 0 Å². The van der Waals surface area contributed by atoms with Crippen molar-refractivity contribution < 1.29 is 0 Å². The average Bonchev–Trinajstić information content (AvgIpc) is 2.80. The molecular weight excluding hydrogens is 418 g/mol. The van der Waals surface area contributed by atoms with Crippen LogP contribution in [0, 0.1) is 0 Å². The topological polar surface area (TPSA) is 17.8 Å². The van der Waals surface area contributed by atoms with Gasteiger partial charge in [0.25, 0.3) is 0 Å². The maximum atomic E-state index is 6.17.